The first-order chi connectivity index (χ1) is 9.13. The van der Waals surface area contributed by atoms with E-state index in [2.05, 4.69) is 15.6 Å². The fourth-order valence-electron chi connectivity index (χ4n) is 2.25. The number of oxazole rings is 1. The van der Waals surface area contributed by atoms with Gasteiger partial charge in [0.05, 0.1) is 0 Å². The molecule has 0 aliphatic carbocycles. The number of hydrogen-bond donors (Lipinski definition) is 2. The molecule has 7 heteroatoms. The van der Waals surface area contributed by atoms with Crippen LogP contribution in [0.4, 0.5) is 5.69 Å². The molecule has 0 bridgehead atoms. The zero-order valence-electron chi connectivity index (χ0n) is 11.9. The summed E-state index contributed by atoms with van der Waals surface area (Å²) in [4.78, 5) is 16.3. The van der Waals surface area contributed by atoms with Gasteiger partial charge in [-0.05, 0) is 31.1 Å². The van der Waals surface area contributed by atoms with Crippen LogP contribution in [0.25, 0.3) is 11.1 Å². The summed E-state index contributed by atoms with van der Waals surface area (Å²) >= 11 is 0. The van der Waals surface area contributed by atoms with Crippen LogP contribution in [0.3, 0.4) is 0 Å². The van der Waals surface area contributed by atoms with Gasteiger partial charge in [-0.1, -0.05) is 6.92 Å². The van der Waals surface area contributed by atoms with Crippen LogP contribution in [-0.2, 0) is 4.79 Å². The van der Waals surface area contributed by atoms with Crippen molar-refractivity contribution in [3.8, 4) is 0 Å². The lowest BCUT2D eigenvalue weighted by molar-refractivity contribution is -0.121. The maximum atomic E-state index is 12.1. The van der Waals surface area contributed by atoms with Crippen molar-refractivity contribution in [1.29, 1.82) is 0 Å². The van der Waals surface area contributed by atoms with Gasteiger partial charge >= 0.3 is 0 Å². The van der Waals surface area contributed by atoms with E-state index in [1.807, 2.05) is 32.0 Å². The molecule has 1 atom stereocenters. The molecule has 1 amide bonds. The van der Waals surface area contributed by atoms with Crippen LogP contribution in [0.15, 0.2) is 22.6 Å². The molecule has 2 heterocycles. The predicted molar refractivity (Wildman–Crippen MR) is 87.4 cm³/mol. The number of nitrogens with zero attached hydrogens (tertiary/aromatic N) is 1. The Hall–Kier alpha value is -1.30. The first kappa shape index (κ1) is 17.8. The number of amides is 1. The van der Waals surface area contributed by atoms with Crippen molar-refractivity contribution in [3.63, 3.8) is 0 Å². The standard InChI is InChI=1S/C14H17N3O2.2ClH/c1-8(10-6-15-7-10)14(18)17-11-3-4-12-13(5-11)19-9(2)16-12;;/h3-5,8,10,15H,6-7H2,1-2H3,(H,17,18);2*1H. The van der Waals surface area contributed by atoms with Crippen LogP contribution in [0.2, 0.25) is 0 Å². The van der Waals surface area contributed by atoms with Crippen LogP contribution in [0.1, 0.15) is 12.8 Å². The van der Waals surface area contributed by atoms with E-state index in [9.17, 15) is 4.79 Å². The highest BCUT2D eigenvalue weighted by Crippen LogP contribution is 2.22. The molecule has 0 saturated carbocycles. The summed E-state index contributed by atoms with van der Waals surface area (Å²) in [6.45, 7) is 5.63. The molecule has 0 radical (unpaired) electrons. The lowest BCUT2D eigenvalue weighted by Crippen LogP contribution is -2.48. The number of nitrogens with one attached hydrogen (secondary N) is 2. The number of hydrogen-bond acceptors (Lipinski definition) is 4. The zero-order valence-corrected chi connectivity index (χ0v) is 13.5. The van der Waals surface area contributed by atoms with Crippen LogP contribution >= 0.6 is 24.8 Å². The molecule has 1 aliphatic rings. The van der Waals surface area contributed by atoms with E-state index in [1.165, 1.54) is 0 Å². The quantitative estimate of drug-likeness (QED) is 0.907. The Labute approximate surface area is 135 Å². The number of aromatic nitrogens is 1. The van der Waals surface area contributed by atoms with E-state index < -0.39 is 0 Å². The number of rotatable bonds is 3. The van der Waals surface area contributed by atoms with E-state index in [0.29, 0.717) is 17.4 Å². The van der Waals surface area contributed by atoms with Crippen LogP contribution < -0.4 is 10.6 Å². The molecule has 21 heavy (non-hydrogen) atoms. The average Bonchev–Trinajstić information content (AvgIpc) is 2.66. The summed E-state index contributed by atoms with van der Waals surface area (Å²) in [5.74, 6) is 1.15. The molecule has 1 unspecified atom stereocenters. The smallest absolute Gasteiger partial charge is 0.227 e. The van der Waals surface area contributed by atoms with E-state index in [4.69, 9.17) is 4.42 Å². The number of anilines is 1. The van der Waals surface area contributed by atoms with Crippen molar-refractivity contribution in [2.45, 2.75) is 13.8 Å². The van der Waals surface area contributed by atoms with Crippen molar-refractivity contribution in [2.75, 3.05) is 18.4 Å². The Bertz CT molecular complexity index is 626. The molecule has 0 spiro atoms. The zero-order chi connectivity index (χ0) is 13.4. The first-order valence-electron chi connectivity index (χ1n) is 6.52. The SMILES string of the molecule is Cc1nc2ccc(NC(=O)C(C)C3CNC3)cc2o1.Cl.Cl. The number of aryl methyl sites for hydroxylation is 1. The third kappa shape index (κ3) is 3.67. The van der Waals surface area contributed by atoms with Crippen molar-refractivity contribution < 1.29 is 9.21 Å². The predicted octanol–water partition coefficient (Wildman–Crippen LogP) is 2.77. The summed E-state index contributed by atoms with van der Waals surface area (Å²) in [5.41, 5.74) is 2.27. The molecule has 5 nitrogen and oxygen atoms in total. The minimum atomic E-state index is 0. The maximum absolute atomic E-state index is 12.1. The summed E-state index contributed by atoms with van der Waals surface area (Å²) in [6.07, 6.45) is 0. The highest BCUT2D eigenvalue weighted by Gasteiger charge is 2.28. The number of benzene rings is 1. The van der Waals surface area contributed by atoms with Crippen molar-refractivity contribution in [3.05, 3.63) is 24.1 Å². The Morgan fingerprint density at radius 2 is 2.14 bits per heavy atom. The second kappa shape index (κ2) is 7.11. The van der Waals surface area contributed by atoms with Gasteiger partial charge in [-0.2, -0.15) is 0 Å². The summed E-state index contributed by atoms with van der Waals surface area (Å²) in [7, 11) is 0. The molecule has 3 rings (SSSR count). The number of halogens is 2. The van der Waals surface area contributed by atoms with Crippen molar-refractivity contribution in [2.24, 2.45) is 11.8 Å². The van der Waals surface area contributed by atoms with Crippen LogP contribution in [-0.4, -0.2) is 24.0 Å². The van der Waals surface area contributed by atoms with Gasteiger partial charge in [-0.15, -0.1) is 24.8 Å². The van der Waals surface area contributed by atoms with E-state index in [1.54, 1.807) is 0 Å². The minimum absolute atomic E-state index is 0. The van der Waals surface area contributed by atoms with Gasteiger partial charge in [0.15, 0.2) is 11.5 Å². The molecule has 2 N–H and O–H groups in total. The maximum Gasteiger partial charge on any atom is 0.227 e. The van der Waals surface area contributed by atoms with E-state index >= 15 is 0 Å². The Morgan fingerprint density at radius 3 is 2.76 bits per heavy atom. The summed E-state index contributed by atoms with van der Waals surface area (Å²) in [5, 5.41) is 6.12. The highest BCUT2D eigenvalue weighted by molar-refractivity contribution is 5.94. The third-order valence-electron chi connectivity index (χ3n) is 3.70. The Morgan fingerprint density at radius 1 is 1.43 bits per heavy atom. The molecule has 116 valence electrons. The van der Waals surface area contributed by atoms with Gasteiger partial charge in [-0.25, -0.2) is 4.98 Å². The molecule has 2 aromatic rings. The van der Waals surface area contributed by atoms with Gasteiger partial charge < -0.3 is 15.1 Å². The number of fused-ring (bicyclic) bond motifs is 1. The second-order valence-electron chi connectivity index (χ2n) is 5.11. The summed E-state index contributed by atoms with van der Waals surface area (Å²) < 4.78 is 5.46. The third-order valence-corrected chi connectivity index (χ3v) is 3.70. The topological polar surface area (TPSA) is 67.2 Å². The Balaban J connectivity index is 0.00000110. The van der Waals surface area contributed by atoms with Gasteiger partial charge in [0.2, 0.25) is 5.91 Å². The fraction of sp³-hybridized carbons (Fsp3) is 0.429. The van der Waals surface area contributed by atoms with E-state index in [0.717, 1.165) is 24.3 Å². The lowest BCUT2D eigenvalue weighted by Gasteiger charge is -2.31. The fourth-order valence-corrected chi connectivity index (χ4v) is 2.25. The Kier molecular flexibility index (Phi) is 6.01. The number of carbonyl (C=O) groups excluding carboxylic acids is 1. The molecule has 1 aliphatic heterocycles. The number of carbonyl (C=O) groups is 1. The van der Waals surface area contributed by atoms with Crippen LogP contribution in [0, 0.1) is 18.8 Å². The van der Waals surface area contributed by atoms with Gasteiger partial charge in [0.25, 0.3) is 0 Å². The molecular formula is C14H19Cl2N3O2. The molecule has 1 saturated heterocycles. The average molecular weight is 332 g/mol. The largest absolute Gasteiger partial charge is 0.441 e. The lowest BCUT2D eigenvalue weighted by atomic mass is 9.88. The normalized spacial score (nSPS) is 15.5. The monoisotopic (exact) mass is 331 g/mol. The highest BCUT2D eigenvalue weighted by atomic mass is 35.5. The van der Waals surface area contributed by atoms with Gasteiger partial charge in [0, 0.05) is 24.6 Å². The van der Waals surface area contributed by atoms with Gasteiger partial charge in [0.1, 0.15) is 5.52 Å². The van der Waals surface area contributed by atoms with Crippen molar-refractivity contribution in [1.82, 2.24) is 10.3 Å². The first-order valence-corrected chi connectivity index (χ1v) is 6.52. The van der Waals surface area contributed by atoms with Crippen molar-refractivity contribution >= 4 is 47.5 Å². The van der Waals surface area contributed by atoms with E-state index in [-0.39, 0.29) is 36.6 Å². The minimum Gasteiger partial charge on any atom is -0.441 e. The molecule has 1 aromatic carbocycles. The molecule has 1 fully saturated rings. The molecular weight excluding hydrogens is 313 g/mol. The van der Waals surface area contributed by atoms with Gasteiger partial charge in [-0.3, -0.25) is 4.79 Å². The second-order valence-corrected chi connectivity index (χ2v) is 5.11. The van der Waals surface area contributed by atoms with Crippen LogP contribution in [0.5, 0.6) is 0 Å². The summed E-state index contributed by atoms with van der Waals surface area (Å²) in [6, 6.07) is 5.53. The molecule has 1 aromatic heterocycles.